The van der Waals surface area contributed by atoms with Crippen LogP contribution in [0.1, 0.15) is 11.3 Å². The number of hydrogen-bond acceptors (Lipinski definition) is 2. The molecule has 0 saturated heterocycles. The summed E-state index contributed by atoms with van der Waals surface area (Å²) in [7, 11) is 0. The maximum atomic E-state index is 11.1. The zero-order valence-corrected chi connectivity index (χ0v) is 11.1. The van der Waals surface area contributed by atoms with Gasteiger partial charge in [0.25, 0.3) is 0 Å². The molecule has 0 bridgehead atoms. The molecule has 0 saturated carbocycles. The normalized spacial score (nSPS) is 10.8. The van der Waals surface area contributed by atoms with Gasteiger partial charge in [0, 0.05) is 11.8 Å². The molecule has 100 valence electrons. The number of aryl methyl sites for hydroxylation is 1. The first kappa shape index (κ1) is 12.4. The number of aromatic nitrogens is 2. The van der Waals surface area contributed by atoms with Crippen LogP contribution in [0.15, 0.2) is 48.7 Å². The summed E-state index contributed by atoms with van der Waals surface area (Å²) in [5.74, 6) is -0.857. The van der Waals surface area contributed by atoms with Gasteiger partial charge in [0.1, 0.15) is 5.65 Å². The molecule has 1 aromatic carbocycles. The lowest BCUT2D eigenvalue weighted by atomic mass is 10.1. The average Bonchev–Trinajstić information content (AvgIpc) is 2.77. The number of pyridine rings is 1. The van der Waals surface area contributed by atoms with Crippen LogP contribution in [-0.4, -0.2) is 20.5 Å². The van der Waals surface area contributed by atoms with Crippen LogP contribution in [0.3, 0.4) is 0 Å². The maximum absolute atomic E-state index is 11.1. The highest BCUT2D eigenvalue weighted by Gasteiger charge is 2.16. The second-order valence-corrected chi connectivity index (χ2v) is 4.78. The minimum atomic E-state index is -0.857. The van der Waals surface area contributed by atoms with Crippen LogP contribution in [0.25, 0.3) is 16.9 Å². The lowest BCUT2D eigenvalue weighted by molar-refractivity contribution is -0.136. The SMILES string of the molecule is Cc1ccn2c(CC(=O)O)c(-c3ccccc3)nc2c1. The Kier molecular flexibility index (Phi) is 2.99. The molecule has 0 atom stereocenters. The third-order valence-electron chi connectivity index (χ3n) is 3.25. The van der Waals surface area contributed by atoms with Gasteiger partial charge in [-0.3, -0.25) is 4.79 Å². The van der Waals surface area contributed by atoms with Crippen molar-refractivity contribution in [3.05, 3.63) is 59.9 Å². The van der Waals surface area contributed by atoms with Crippen molar-refractivity contribution >= 4 is 11.6 Å². The monoisotopic (exact) mass is 266 g/mol. The summed E-state index contributed by atoms with van der Waals surface area (Å²) < 4.78 is 1.85. The molecule has 2 heterocycles. The number of rotatable bonds is 3. The average molecular weight is 266 g/mol. The van der Waals surface area contributed by atoms with Crippen LogP contribution in [0.5, 0.6) is 0 Å². The molecule has 0 aliphatic heterocycles. The van der Waals surface area contributed by atoms with E-state index in [1.807, 2.05) is 60.0 Å². The summed E-state index contributed by atoms with van der Waals surface area (Å²) in [5, 5.41) is 9.13. The van der Waals surface area contributed by atoms with Crippen LogP contribution in [-0.2, 0) is 11.2 Å². The van der Waals surface area contributed by atoms with Gasteiger partial charge >= 0.3 is 5.97 Å². The van der Waals surface area contributed by atoms with E-state index < -0.39 is 5.97 Å². The molecule has 0 fully saturated rings. The number of hydrogen-bond donors (Lipinski definition) is 1. The molecule has 4 nitrogen and oxygen atoms in total. The first-order chi connectivity index (χ1) is 9.65. The fourth-order valence-electron chi connectivity index (χ4n) is 2.34. The molecule has 20 heavy (non-hydrogen) atoms. The van der Waals surface area contributed by atoms with Gasteiger partial charge in [0.05, 0.1) is 17.8 Å². The van der Waals surface area contributed by atoms with E-state index in [2.05, 4.69) is 4.98 Å². The Morgan fingerprint density at radius 3 is 2.70 bits per heavy atom. The van der Waals surface area contributed by atoms with E-state index in [0.29, 0.717) is 5.69 Å². The molecule has 3 aromatic rings. The lowest BCUT2D eigenvalue weighted by Crippen LogP contribution is -2.04. The van der Waals surface area contributed by atoms with Crippen molar-refractivity contribution in [2.24, 2.45) is 0 Å². The first-order valence-electron chi connectivity index (χ1n) is 6.40. The molecule has 4 heteroatoms. The number of benzene rings is 1. The van der Waals surface area contributed by atoms with Crippen LogP contribution in [0.2, 0.25) is 0 Å². The molecule has 0 amide bonds. The fourth-order valence-corrected chi connectivity index (χ4v) is 2.34. The molecular formula is C16H14N2O2. The molecule has 2 aromatic heterocycles. The zero-order chi connectivity index (χ0) is 14.1. The highest BCUT2D eigenvalue weighted by Crippen LogP contribution is 2.25. The number of carbonyl (C=O) groups is 1. The van der Waals surface area contributed by atoms with E-state index in [-0.39, 0.29) is 6.42 Å². The smallest absolute Gasteiger partial charge is 0.309 e. The van der Waals surface area contributed by atoms with Gasteiger partial charge in [-0.2, -0.15) is 0 Å². The first-order valence-corrected chi connectivity index (χ1v) is 6.40. The summed E-state index contributed by atoms with van der Waals surface area (Å²) in [6.07, 6.45) is 1.83. The van der Waals surface area contributed by atoms with E-state index in [0.717, 1.165) is 22.5 Å². The quantitative estimate of drug-likeness (QED) is 0.793. The molecule has 0 aliphatic carbocycles. The van der Waals surface area contributed by atoms with Crippen molar-refractivity contribution < 1.29 is 9.90 Å². The summed E-state index contributed by atoms with van der Waals surface area (Å²) in [5.41, 5.74) is 4.26. The van der Waals surface area contributed by atoms with E-state index in [1.165, 1.54) is 0 Å². The highest BCUT2D eigenvalue weighted by atomic mass is 16.4. The van der Waals surface area contributed by atoms with Crippen molar-refractivity contribution in [3.63, 3.8) is 0 Å². The van der Waals surface area contributed by atoms with Gasteiger partial charge in [0.15, 0.2) is 0 Å². The van der Waals surface area contributed by atoms with Crippen LogP contribution >= 0.6 is 0 Å². The largest absolute Gasteiger partial charge is 0.481 e. The van der Waals surface area contributed by atoms with Gasteiger partial charge in [0.2, 0.25) is 0 Å². The van der Waals surface area contributed by atoms with Gasteiger partial charge in [-0.05, 0) is 24.6 Å². The zero-order valence-electron chi connectivity index (χ0n) is 11.1. The van der Waals surface area contributed by atoms with Crippen molar-refractivity contribution in [2.45, 2.75) is 13.3 Å². The van der Waals surface area contributed by atoms with Crippen molar-refractivity contribution in [1.82, 2.24) is 9.38 Å². The van der Waals surface area contributed by atoms with E-state index >= 15 is 0 Å². The summed E-state index contributed by atoms with van der Waals surface area (Å²) in [6, 6.07) is 13.6. The number of fused-ring (bicyclic) bond motifs is 1. The predicted molar refractivity (Wildman–Crippen MR) is 76.7 cm³/mol. The molecule has 1 N–H and O–H groups in total. The van der Waals surface area contributed by atoms with Crippen molar-refractivity contribution in [1.29, 1.82) is 0 Å². The summed E-state index contributed by atoms with van der Waals surface area (Å²) in [4.78, 5) is 15.7. The number of carboxylic acids is 1. The Morgan fingerprint density at radius 1 is 1.25 bits per heavy atom. The fraction of sp³-hybridized carbons (Fsp3) is 0.125. The van der Waals surface area contributed by atoms with Crippen LogP contribution < -0.4 is 0 Å². The Hall–Kier alpha value is -2.62. The van der Waals surface area contributed by atoms with Crippen molar-refractivity contribution in [2.75, 3.05) is 0 Å². The van der Waals surface area contributed by atoms with E-state index in [9.17, 15) is 4.79 Å². The second kappa shape index (κ2) is 4.81. The Morgan fingerprint density at radius 2 is 2.00 bits per heavy atom. The maximum Gasteiger partial charge on any atom is 0.309 e. The van der Waals surface area contributed by atoms with E-state index in [4.69, 9.17) is 5.11 Å². The number of imidazole rings is 1. The molecule has 0 aliphatic rings. The van der Waals surface area contributed by atoms with Gasteiger partial charge in [-0.1, -0.05) is 30.3 Å². The number of aliphatic carboxylic acids is 1. The summed E-state index contributed by atoms with van der Waals surface area (Å²) in [6.45, 7) is 1.99. The summed E-state index contributed by atoms with van der Waals surface area (Å²) >= 11 is 0. The van der Waals surface area contributed by atoms with Gasteiger partial charge in [-0.15, -0.1) is 0 Å². The minimum absolute atomic E-state index is 0.0472. The van der Waals surface area contributed by atoms with Crippen LogP contribution in [0.4, 0.5) is 0 Å². The minimum Gasteiger partial charge on any atom is -0.481 e. The van der Waals surface area contributed by atoms with Gasteiger partial charge < -0.3 is 9.51 Å². The number of carboxylic acid groups (broad SMARTS) is 1. The number of nitrogens with zero attached hydrogens (tertiary/aromatic N) is 2. The second-order valence-electron chi connectivity index (χ2n) is 4.78. The Bertz CT molecular complexity index is 776. The van der Waals surface area contributed by atoms with Gasteiger partial charge in [-0.25, -0.2) is 4.98 Å². The molecule has 0 unspecified atom stereocenters. The van der Waals surface area contributed by atoms with Crippen molar-refractivity contribution in [3.8, 4) is 11.3 Å². The third kappa shape index (κ3) is 2.16. The highest BCUT2D eigenvalue weighted by molar-refractivity contribution is 5.76. The topological polar surface area (TPSA) is 54.6 Å². The third-order valence-corrected chi connectivity index (χ3v) is 3.25. The standard InChI is InChI=1S/C16H14N2O2/c1-11-7-8-18-13(10-15(19)20)16(17-14(18)9-11)12-5-3-2-4-6-12/h2-9H,10H2,1H3,(H,19,20). The predicted octanol–water partition coefficient (Wildman–Crippen LogP) is 2.94. The molecule has 0 spiro atoms. The lowest BCUT2D eigenvalue weighted by Gasteiger charge is -2.02. The molecule has 3 rings (SSSR count). The molecular weight excluding hydrogens is 252 g/mol. The Balaban J connectivity index is 2.27. The van der Waals surface area contributed by atoms with E-state index in [1.54, 1.807) is 0 Å². The molecule has 0 radical (unpaired) electrons. The Labute approximate surface area is 116 Å². The van der Waals surface area contributed by atoms with Crippen LogP contribution in [0, 0.1) is 6.92 Å².